The predicted molar refractivity (Wildman–Crippen MR) is 160 cm³/mol. The van der Waals surface area contributed by atoms with Crippen LogP contribution in [-0.4, -0.2) is 68.9 Å². The molecule has 0 aliphatic carbocycles. The van der Waals surface area contributed by atoms with Gasteiger partial charge in [0, 0.05) is 78.3 Å². The van der Waals surface area contributed by atoms with E-state index in [2.05, 4.69) is 69.4 Å². The van der Waals surface area contributed by atoms with Crippen LogP contribution in [-0.2, 0) is 6.54 Å². The summed E-state index contributed by atoms with van der Waals surface area (Å²) in [4.78, 5) is 34.9. The average molecular weight is 610 g/mol. The van der Waals surface area contributed by atoms with Crippen LogP contribution in [0.1, 0.15) is 21.5 Å². The Balaban J connectivity index is 0.00000353. The smallest absolute Gasteiger partial charge is 0.255 e. The lowest BCUT2D eigenvalue weighted by molar-refractivity contribution is 0.102. The Bertz CT molecular complexity index is 1430. The summed E-state index contributed by atoms with van der Waals surface area (Å²) in [6.45, 7) is 7.13. The van der Waals surface area contributed by atoms with Gasteiger partial charge in [0.1, 0.15) is 6.33 Å². The Morgan fingerprint density at radius 2 is 1.79 bits per heavy atom. The lowest BCUT2D eigenvalue weighted by Crippen LogP contribution is -2.43. The van der Waals surface area contributed by atoms with Gasteiger partial charge >= 0.3 is 0 Å². The SMILES string of the molecule is Cc1ccc(C(=O)Nc2ccc(CN3CCN(C)CC3)c(Br)c2)cc1Nc1nccc(-c2cncnc2)n1.Cl. The number of aromatic nitrogens is 4. The van der Waals surface area contributed by atoms with E-state index in [0.717, 1.165) is 59.7 Å². The van der Waals surface area contributed by atoms with Crippen LogP contribution in [0.2, 0.25) is 0 Å². The normalized spacial score (nSPS) is 13.9. The van der Waals surface area contributed by atoms with Crippen molar-refractivity contribution in [3.63, 3.8) is 0 Å². The number of benzene rings is 2. The van der Waals surface area contributed by atoms with E-state index in [1.165, 1.54) is 11.9 Å². The molecule has 0 saturated carbocycles. The van der Waals surface area contributed by atoms with Gasteiger partial charge in [0.2, 0.25) is 5.95 Å². The number of carbonyl (C=O) groups is 1. The maximum absolute atomic E-state index is 13.1. The molecule has 5 rings (SSSR count). The van der Waals surface area contributed by atoms with Crippen molar-refractivity contribution in [2.24, 2.45) is 0 Å². The maximum atomic E-state index is 13.1. The molecule has 4 aromatic rings. The van der Waals surface area contributed by atoms with Crippen molar-refractivity contribution < 1.29 is 4.79 Å². The van der Waals surface area contributed by atoms with E-state index in [9.17, 15) is 4.79 Å². The second-order valence-corrected chi connectivity index (χ2v) is 10.2. The fraction of sp³-hybridized carbons (Fsp3) is 0.250. The van der Waals surface area contributed by atoms with Gasteiger partial charge in [0.15, 0.2) is 0 Å². The number of rotatable bonds is 7. The molecule has 2 aromatic heterocycles. The van der Waals surface area contributed by atoms with Gasteiger partial charge in [-0.2, -0.15) is 0 Å². The van der Waals surface area contributed by atoms with E-state index in [1.807, 2.05) is 37.3 Å². The average Bonchev–Trinajstić information content (AvgIpc) is 2.93. The van der Waals surface area contributed by atoms with E-state index in [4.69, 9.17) is 0 Å². The summed E-state index contributed by atoms with van der Waals surface area (Å²) in [5, 5.41) is 6.26. The second kappa shape index (κ2) is 13.1. The first-order chi connectivity index (χ1) is 18.4. The molecule has 39 heavy (non-hydrogen) atoms. The molecule has 2 aromatic carbocycles. The number of halogens is 2. The Hall–Kier alpha value is -3.44. The minimum atomic E-state index is -0.192. The molecule has 0 spiro atoms. The molecule has 0 bridgehead atoms. The summed E-state index contributed by atoms with van der Waals surface area (Å²) in [6.07, 6.45) is 6.56. The van der Waals surface area contributed by atoms with Crippen molar-refractivity contribution in [3.05, 3.63) is 88.5 Å². The molecule has 1 saturated heterocycles. The first-order valence-corrected chi connectivity index (χ1v) is 13.2. The van der Waals surface area contributed by atoms with Crippen molar-refractivity contribution >= 4 is 51.6 Å². The van der Waals surface area contributed by atoms with Gasteiger partial charge in [-0.15, -0.1) is 12.4 Å². The quantitative estimate of drug-likeness (QED) is 0.296. The summed E-state index contributed by atoms with van der Waals surface area (Å²) >= 11 is 3.69. The molecule has 3 heterocycles. The summed E-state index contributed by atoms with van der Waals surface area (Å²) < 4.78 is 0.987. The van der Waals surface area contributed by atoms with Crippen molar-refractivity contribution in [2.45, 2.75) is 13.5 Å². The summed E-state index contributed by atoms with van der Waals surface area (Å²) in [5.74, 6) is 0.231. The largest absolute Gasteiger partial charge is 0.324 e. The molecule has 1 fully saturated rings. The number of nitrogens with one attached hydrogen (secondary N) is 2. The Kier molecular flexibility index (Phi) is 9.58. The van der Waals surface area contributed by atoms with Gasteiger partial charge in [-0.1, -0.05) is 28.1 Å². The van der Waals surface area contributed by atoms with Crippen LogP contribution < -0.4 is 10.6 Å². The van der Waals surface area contributed by atoms with Crippen LogP contribution >= 0.6 is 28.3 Å². The number of nitrogens with zero attached hydrogens (tertiary/aromatic N) is 6. The molecule has 1 amide bonds. The topological polar surface area (TPSA) is 99.2 Å². The van der Waals surface area contributed by atoms with Crippen LogP contribution in [0.4, 0.5) is 17.3 Å². The Morgan fingerprint density at radius 1 is 1.03 bits per heavy atom. The predicted octanol–water partition coefficient (Wildman–Crippen LogP) is 5.17. The molecule has 0 radical (unpaired) electrons. The minimum Gasteiger partial charge on any atom is -0.324 e. The standard InChI is InChI=1S/C28H29BrN8O.ClH/c1-19-3-4-20(13-26(19)35-28-32-8-7-25(34-28)22-15-30-18-31-16-22)27(38)33-23-6-5-21(24(29)14-23)17-37-11-9-36(2)10-12-37;/h3-8,13-16,18H,9-12,17H2,1-2H3,(H,33,38)(H,32,34,35);1H. The molecule has 11 heteroatoms. The number of piperazine rings is 1. The number of aryl methyl sites for hydroxylation is 1. The highest BCUT2D eigenvalue weighted by molar-refractivity contribution is 9.10. The van der Waals surface area contributed by atoms with Crippen LogP contribution in [0.3, 0.4) is 0 Å². The zero-order valence-electron chi connectivity index (χ0n) is 21.8. The van der Waals surface area contributed by atoms with E-state index < -0.39 is 0 Å². The van der Waals surface area contributed by atoms with Gasteiger partial charge in [-0.05, 0) is 55.4 Å². The highest BCUT2D eigenvalue weighted by Crippen LogP contribution is 2.25. The van der Waals surface area contributed by atoms with Crippen molar-refractivity contribution in [2.75, 3.05) is 43.9 Å². The zero-order valence-corrected chi connectivity index (χ0v) is 24.2. The summed E-state index contributed by atoms with van der Waals surface area (Å²) in [6, 6.07) is 13.3. The number of anilines is 3. The van der Waals surface area contributed by atoms with Gasteiger partial charge in [-0.3, -0.25) is 9.69 Å². The van der Waals surface area contributed by atoms with Crippen LogP contribution in [0.5, 0.6) is 0 Å². The maximum Gasteiger partial charge on any atom is 0.255 e. The summed E-state index contributed by atoms with van der Waals surface area (Å²) in [5.41, 5.74) is 5.69. The molecular weight excluding hydrogens is 580 g/mol. The Morgan fingerprint density at radius 3 is 2.54 bits per heavy atom. The van der Waals surface area contributed by atoms with Gasteiger partial charge in [0.05, 0.1) is 5.69 Å². The van der Waals surface area contributed by atoms with Crippen molar-refractivity contribution in [1.29, 1.82) is 0 Å². The second-order valence-electron chi connectivity index (χ2n) is 9.39. The third-order valence-electron chi connectivity index (χ3n) is 6.56. The van der Waals surface area contributed by atoms with Gasteiger partial charge in [-0.25, -0.2) is 19.9 Å². The van der Waals surface area contributed by atoms with Crippen molar-refractivity contribution in [1.82, 2.24) is 29.7 Å². The van der Waals surface area contributed by atoms with E-state index in [-0.39, 0.29) is 18.3 Å². The van der Waals surface area contributed by atoms with Gasteiger partial charge in [0.25, 0.3) is 5.91 Å². The molecule has 2 N–H and O–H groups in total. The third-order valence-corrected chi connectivity index (χ3v) is 7.30. The summed E-state index contributed by atoms with van der Waals surface area (Å²) in [7, 11) is 2.16. The minimum absolute atomic E-state index is 0. The monoisotopic (exact) mass is 608 g/mol. The fourth-order valence-corrected chi connectivity index (χ4v) is 4.74. The lowest BCUT2D eigenvalue weighted by atomic mass is 10.1. The van der Waals surface area contributed by atoms with E-state index in [1.54, 1.807) is 24.7 Å². The highest BCUT2D eigenvalue weighted by atomic mass is 79.9. The first-order valence-electron chi connectivity index (χ1n) is 12.4. The van der Waals surface area contributed by atoms with E-state index >= 15 is 0 Å². The number of hydrogen-bond acceptors (Lipinski definition) is 8. The van der Waals surface area contributed by atoms with Crippen LogP contribution in [0.15, 0.2) is 71.9 Å². The fourth-order valence-electron chi connectivity index (χ4n) is 4.23. The first kappa shape index (κ1) is 28.6. The molecule has 1 aliphatic heterocycles. The number of likely N-dealkylation sites (N-methyl/N-ethyl adjacent to an activating group) is 1. The number of hydrogen-bond donors (Lipinski definition) is 2. The number of carbonyl (C=O) groups excluding carboxylic acids is 1. The van der Waals surface area contributed by atoms with Gasteiger partial charge < -0.3 is 15.5 Å². The third kappa shape index (κ3) is 7.36. The molecule has 0 unspecified atom stereocenters. The number of amides is 1. The highest BCUT2D eigenvalue weighted by Gasteiger charge is 2.16. The van der Waals surface area contributed by atoms with E-state index in [0.29, 0.717) is 17.2 Å². The molecule has 9 nitrogen and oxygen atoms in total. The lowest BCUT2D eigenvalue weighted by Gasteiger charge is -2.32. The van der Waals surface area contributed by atoms with Crippen LogP contribution in [0.25, 0.3) is 11.3 Å². The Labute approximate surface area is 242 Å². The molecule has 202 valence electrons. The van der Waals surface area contributed by atoms with Crippen molar-refractivity contribution in [3.8, 4) is 11.3 Å². The zero-order chi connectivity index (χ0) is 26.5. The van der Waals surface area contributed by atoms with Crippen LogP contribution in [0, 0.1) is 6.92 Å². The molecule has 1 aliphatic rings. The molecule has 0 atom stereocenters. The molecular formula is C28H30BrClN8O.